The van der Waals surface area contributed by atoms with Gasteiger partial charge in [-0.25, -0.2) is 0 Å². The summed E-state index contributed by atoms with van der Waals surface area (Å²) in [4.78, 5) is 23.6. The van der Waals surface area contributed by atoms with E-state index in [2.05, 4.69) is 0 Å². The van der Waals surface area contributed by atoms with E-state index in [0.29, 0.717) is 12.2 Å². The maximum absolute atomic E-state index is 12.1. The highest BCUT2D eigenvalue weighted by molar-refractivity contribution is 7.98. The third-order valence-corrected chi connectivity index (χ3v) is 4.63. The molecule has 2 unspecified atom stereocenters. The van der Waals surface area contributed by atoms with Crippen molar-refractivity contribution in [2.24, 2.45) is 5.41 Å². The second-order valence-electron chi connectivity index (χ2n) is 5.24. The van der Waals surface area contributed by atoms with E-state index in [1.165, 1.54) is 18.7 Å². The molecule has 1 N–H and O–H groups in total. The van der Waals surface area contributed by atoms with E-state index in [4.69, 9.17) is 4.74 Å². The van der Waals surface area contributed by atoms with Gasteiger partial charge in [0.2, 0.25) is 0 Å². The zero-order valence-corrected chi connectivity index (χ0v) is 13.5. The van der Waals surface area contributed by atoms with Gasteiger partial charge in [0, 0.05) is 11.5 Å². The van der Waals surface area contributed by atoms with Crippen molar-refractivity contribution in [3.05, 3.63) is 35.9 Å². The third-order valence-electron chi connectivity index (χ3n) is 3.31. The van der Waals surface area contributed by atoms with Crippen LogP contribution in [0.25, 0.3) is 0 Å². The Morgan fingerprint density at radius 1 is 1.33 bits per heavy atom. The van der Waals surface area contributed by atoms with Crippen LogP contribution in [0.4, 0.5) is 0 Å². The molecule has 0 saturated carbocycles. The molecule has 4 nitrogen and oxygen atoms in total. The predicted molar refractivity (Wildman–Crippen MR) is 84.2 cm³/mol. The molecule has 0 radical (unpaired) electrons. The standard InChI is InChI=1S/C16H22O4S/c1-4-12(2)20-15(19)16(3,14(17)18)11-21-10-13-8-6-5-7-9-13/h5-9,12H,4,10-11H2,1-3H3,(H,17,18). The normalized spacial score (nSPS) is 15.0. The van der Waals surface area contributed by atoms with Gasteiger partial charge in [-0.1, -0.05) is 37.3 Å². The summed E-state index contributed by atoms with van der Waals surface area (Å²) in [6.07, 6.45) is 0.397. The van der Waals surface area contributed by atoms with E-state index in [-0.39, 0.29) is 11.9 Å². The van der Waals surface area contributed by atoms with Crippen LogP contribution in [-0.2, 0) is 20.1 Å². The topological polar surface area (TPSA) is 63.6 Å². The van der Waals surface area contributed by atoms with Crippen LogP contribution in [0.15, 0.2) is 30.3 Å². The van der Waals surface area contributed by atoms with E-state index >= 15 is 0 Å². The van der Waals surface area contributed by atoms with Crippen LogP contribution in [0.5, 0.6) is 0 Å². The highest BCUT2D eigenvalue weighted by Crippen LogP contribution is 2.27. The van der Waals surface area contributed by atoms with Crippen molar-refractivity contribution in [1.29, 1.82) is 0 Å². The lowest BCUT2D eigenvalue weighted by Gasteiger charge is -2.24. The highest BCUT2D eigenvalue weighted by Gasteiger charge is 2.43. The van der Waals surface area contributed by atoms with E-state index in [1.807, 2.05) is 37.3 Å². The van der Waals surface area contributed by atoms with E-state index < -0.39 is 17.4 Å². The number of carbonyl (C=O) groups excluding carboxylic acids is 1. The Morgan fingerprint density at radius 2 is 1.95 bits per heavy atom. The van der Waals surface area contributed by atoms with Crippen LogP contribution >= 0.6 is 11.8 Å². The third kappa shape index (κ3) is 5.08. The first-order valence-corrected chi connectivity index (χ1v) is 8.11. The lowest BCUT2D eigenvalue weighted by atomic mass is 9.94. The summed E-state index contributed by atoms with van der Waals surface area (Å²) < 4.78 is 5.20. The lowest BCUT2D eigenvalue weighted by Crippen LogP contribution is -2.41. The zero-order valence-electron chi connectivity index (χ0n) is 12.7. The van der Waals surface area contributed by atoms with Crippen molar-refractivity contribution in [3.8, 4) is 0 Å². The van der Waals surface area contributed by atoms with Gasteiger partial charge in [0.15, 0.2) is 5.41 Å². The minimum atomic E-state index is -1.51. The van der Waals surface area contributed by atoms with Gasteiger partial charge in [-0.2, -0.15) is 11.8 Å². The summed E-state index contributed by atoms with van der Waals surface area (Å²) in [6, 6.07) is 9.75. The van der Waals surface area contributed by atoms with Crippen LogP contribution in [0.3, 0.4) is 0 Å². The first kappa shape index (κ1) is 17.6. The summed E-state index contributed by atoms with van der Waals surface area (Å²) in [5.41, 5.74) is -0.409. The molecule has 1 aromatic rings. The van der Waals surface area contributed by atoms with Crippen LogP contribution in [-0.4, -0.2) is 28.9 Å². The van der Waals surface area contributed by atoms with Gasteiger partial charge in [-0.05, 0) is 25.8 Å². The molecule has 0 amide bonds. The molecule has 0 heterocycles. The van der Waals surface area contributed by atoms with Crippen LogP contribution in [0.1, 0.15) is 32.8 Å². The average molecular weight is 310 g/mol. The van der Waals surface area contributed by atoms with E-state index in [1.54, 1.807) is 6.92 Å². The second-order valence-corrected chi connectivity index (χ2v) is 6.23. The molecule has 0 bridgehead atoms. The van der Waals surface area contributed by atoms with E-state index in [9.17, 15) is 14.7 Å². The van der Waals surface area contributed by atoms with Gasteiger partial charge in [0.25, 0.3) is 0 Å². The van der Waals surface area contributed by atoms with Gasteiger partial charge >= 0.3 is 11.9 Å². The molecule has 0 fully saturated rings. The first-order valence-electron chi connectivity index (χ1n) is 6.96. The Balaban J connectivity index is 2.63. The van der Waals surface area contributed by atoms with Gasteiger partial charge < -0.3 is 9.84 Å². The predicted octanol–water partition coefficient (Wildman–Crippen LogP) is 3.35. The molecule has 0 aliphatic heterocycles. The number of carboxylic acid groups (broad SMARTS) is 1. The van der Waals surface area contributed by atoms with Gasteiger partial charge in [0.1, 0.15) is 0 Å². The molecule has 0 aromatic heterocycles. The Morgan fingerprint density at radius 3 is 2.48 bits per heavy atom. The molecular formula is C16H22O4S. The molecular weight excluding hydrogens is 288 g/mol. The maximum Gasteiger partial charge on any atom is 0.324 e. The fourth-order valence-corrected chi connectivity index (χ4v) is 2.73. The molecule has 21 heavy (non-hydrogen) atoms. The van der Waals surface area contributed by atoms with Crippen molar-refractivity contribution in [1.82, 2.24) is 0 Å². The first-order chi connectivity index (χ1) is 9.90. The molecule has 2 atom stereocenters. The molecule has 0 aliphatic rings. The summed E-state index contributed by atoms with van der Waals surface area (Å²) in [5.74, 6) is -0.950. The molecule has 0 saturated heterocycles. The van der Waals surface area contributed by atoms with Crippen molar-refractivity contribution < 1.29 is 19.4 Å². The number of hydrogen-bond donors (Lipinski definition) is 1. The highest BCUT2D eigenvalue weighted by atomic mass is 32.2. The average Bonchev–Trinajstić information content (AvgIpc) is 2.47. The zero-order chi connectivity index (χ0) is 15.9. The molecule has 0 aliphatic carbocycles. The largest absolute Gasteiger partial charge is 0.480 e. The minimum Gasteiger partial charge on any atom is -0.480 e. The van der Waals surface area contributed by atoms with Crippen molar-refractivity contribution >= 4 is 23.7 Å². The molecule has 1 aromatic carbocycles. The van der Waals surface area contributed by atoms with Crippen LogP contribution < -0.4 is 0 Å². The number of benzene rings is 1. The Kier molecular flexibility index (Phi) is 6.75. The number of carbonyl (C=O) groups is 2. The van der Waals surface area contributed by atoms with Gasteiger partial charge in [-0.3, -0.25) is 9.59 Å². The quantitative estimate of drug-likeness (QED) is 0.589. The number of ether oxygens (including phenoxy) is 1. The summed E-state index contributed by atoms with van der Waals surface area (Å²) >= 11 is 1.42. The molecule has 1 rings (SSSR count). The Bertz CT molecular complexity index is 474. The molecule has 0 spiro atoms. The fraction of sp³-hybridized carbons (Fsp3) is 0.500. The second kappa shape index (κ2) is 8.08. The fourth-order valence-electron chi connectivity index (χ4n) is 1.55. The maximum atomic E-state index is 12.1. The van der Waals surface area contributed by atoms with Gasteiger partial charge in [0.05, 0.1) is 6.10 Å². The van der Waals surface area contributed by atoms with E-state index in [0.717, 1.165) is 5.56 Å². The van der Waals surface area contributed by atoms with Gasteiger partial charge in [-0.15, -0.1) is 0 Å². The summed E-state index contributed by atoms with van der Waals surface area (Å²) in [7, 11) is 0. The minimum absolute atomic E-state index is 0.187. The number of aliphatic carboxylic acids is 1. The Labute approximate surface area is 129 Å². The number of rotatable bonds is 8. The van der Waals surface area contributed by atoms with Crippen molar-refractivity contribution in [3.63, 3.8) is 0 Å². The van der Waals surface area contributed by atoms with Crippen molar-refractivity contribution in [2.75, 3.05) is 5.75 Å². The molecule has 5 heteroatoms. The monoisotopic (exact) mass is 310 g/mol. The van der Waals surface area contributed by atoms with Crippen LogP contribution in [0, 0.1) is 5.41 Å². The summed E-state index contributed by atoms with van der Waals surface area (Å²) in [6.45, 7) is 5.08. The number of thioether (sulfide) groups is 1. The SMILES string of the molecule is CCC(C)OC(=O)C(C)(CSCc1ccccc1)C(=O)O. The smallest absolute Gasteiger partial charge is 0.324 e. The number of hydrogen-bond acceptors (Lipinski definition) is 4. The van der Waals surface area contributed by atoms with Crippen molar-refractivity contribution in [2.45, 2.75) is 39.0 Å². The summed E-state index contributed by atoms with van der Waals surface area (Å²) in [5, 5.41) is 9.37. The number of esters is 1. The van der Waals surface area contributed by atoms with Crippen LogP contribution in [0.2, 0.25) is 0 Å². The lowest BCUT2D eigenvalue weighted by molar-refractivity contribution is -0.168. The molecule has 116 valence electrons. The number of carboxylic acids is 1. The Hall–Kier alpha value is -1.49.